The zero-order valence-corrected chi connectivity index (χ0v) is 11.7. The Morgan fingerprint density at radius 1 is 1.05 bits per heavy atom. The Bertz CT molecular complexity index is 602. The Kier molecular flexibility index (Phi) is 4.08. The highest BCUT2D eigenvalue weighted by Crippen LogP contribution is 2.33. The fourth-order valence-corrected chi connectivity index (χ4v) is 2.27. The van der Waals surface area contributed by atoms with Crippen molar-refractivity contribution in [1.82, 2.24) is 0 Å². The molecule has 2 rings (SSSR count). The number of anilines is 1. The zero-order valence-electron chi connectivity index (χ0n) is 10.2. The first-order chi connectivity index (χ1) is 8.97. The summed E-state index contributed by atoms with van der Waals surface area (Å²) in [7, 11) is 0. The van der Waals surface area contributed by atoms with E-state index in [2.05, 4.69) is 5.32 Å². The molecule has 0 saturated carbocycles. The number of hydrogen-bond acceptors (Lipinski definition) is 3. The molecular weight excluding hydrogens is 285 g/mol. The van der Waals surface area contributed by atoms with E-state index in [0.717, 1.165) is 0 Å². The van der Waals surface area contributed by atoms with Gasteiger partial charge in [-0.15, -0.1) is 0 Å². The van der Waals surface area contributed by atoms with Gasteiger partial charge in [-0.2, -0.15) is 0 Å². The third kappa shape index (κ3) is 3.25. The summed E-state index contributed by atoms with van der Waals surface area (Å²) < 4.78 is 0. The van der Waals surface area contributed by atoms with E-state index in [9.17, 15) is 10.2 Å². The van der Waals surface area contributed by atoms with Crippen LogP contribution in [-0.2, 0) is 0 Å². The van der Waals surface area contributed by atoms with Gasteiger partial charge in [-0.25, -0.2) is 0 Å². The summed E-state index contributed by atoms with van der Waals surface area (Å²) in [6.45, 7) is 1.86. The molecule has 1 unspecified atom stereocenters. The molecule has 0 fully saturated rings. The van der Waals surface area contributed by atoms with Crippen molar-refractivity contribution in [2.45, 2.75) is 13.0 Å². The van der Waals surface area contributed by atoms with Crippen molar-refractivity contribution in [3.05, 3.63) is 52.0 Å². The molecular formula is C14H13Cl2NO2. The molecule has 3 nitrogen and oxygen atoms in total. The van der Waals surface area contributed by atoms with Crippen molar-refractivity contribution in [2.24, 2.45) is 0 Å². The van der Waals surface area contributed by atoms with E-state index in [-0.39, 0.29) is 17.5 Å². The predicted molar refractivity (Wildman–Crippen MR) is 78.3 cm³/mol. The molecule has 2 aromatic rings. The number of nitrogens with one attached hydrogen (secondary N) is 1. The van der Waals surface area contributed by atoms with Gasteiger partial charge in [0, 0.05) is 10.6 Å². The van der Waals surface area contributed by atoms with E-state index in [0.29, 0.717) is 21.3 Å². The van der Waals surface area contributed by atoms with E-state index in [1.165, 1.54) is 18.2 Å². The number of benzene rings is 2. The van der Waals surface area contributed by atoms with Gasteiger partial charge in [0.1, 0.15) is 11.5 Å². The predicted octanol–water partition coefficient (Wildman–Crippen LogP) is 4.58. The Morgan fingerprint density at radius 3 is 2.47 bits per heavy atom. The van der Waals surface area contributed by atoms with E-state index in [1.54, 1.807) is 18.2 Å². The topological polar surface area (TPSA) is 52.5 Å². The van der Waals surface area contributed by atoms with Gasteiger partial charge in [-0.05, 0) is 43.3 Å². The number of hydrogen-bond donors (Lipinski definition) is 3. The molecule has 0 radical (unpaired) electrons. The van der Waals surface area contributed by atoms with Crippen LogP contribution in [0.2, 0.25) is 10.0 Å². The maximum absolute atomic E-state index is 9.79. The molecule has 0 aliphatic rings. The minimum atomic E-state index is -0.217. The third-order valence-corrected chi connectivity index (χ3v) is 3.33. The van der Waals surface area contributed by atoms with Crippen molar-refractivity contribution >= 4 is 28.9 Å². The number of rotatable bonds is 3. The maximum Gasteiger partial charge on any atom is 0.121 e. The zero-order chi connectivity index (χ0) is 14.0. The lowest BCUT2D eigenvalue weighted by atomic mass is 10.1. The highest BCUT2D eigenvalue weighted by molar-refractivity contribution is 6.36. The van der Waals surface area contributed by atoms with Crippen LogP contribution in [0.5, 0.6) is 11.5 Å². The molecule has 0 heterocycles. The Morgan fingerprint density at radius 2 is 1.79 bits per heavy atom. The molecule has 0 aliphatic carbocycles. The van der Waals surface area contributed by atoms with Crippen LogP contribution >= 0.6 is 23.2 Å². The lowest BCUT2D eigenvalue weighted by Gasteiger charge is -2.18. The van der Waals surface area contributed by atoms with Gasteiger partial charge in [-0.1, -0.05) is 23.2 Å². The molecule has 0 saturated heterocycles. The van der Waals surface area contributed by atoms with Crippen LogP contribution in [0, 0.1) is 0 Å². The summed E-state index contributed by atoms with van der Waals surface area (Å²) in [5.41, 5.74) is 1.30. The normalized spacial score (nSPS) is 12.2. The van der Waals surface area contributed by atoms with Gasteiger partial charge in [-0.3, -0.25) is 0 Å². The van der Waals surface area contributed by atoms with Crippen molar-refractivity contribution in [1.29, 1.82) is 0 Å². The van der Waals surface area contributed by atoms with Crippen molar-refractivity contribution < 1.29 is 10.2 Å². The summed E-state index contributed by atoms with van der Waals surface area (Å²) >= 11 is 11.9. The quantitative estimate of drug-likeness (QED) is 0.727. The first-order valence-corrected chi connectivity index (χ1v) is 6.46. The van der Waals surface area contributed by atoms with Gasteiger partial charge in [0.15, 0.2) is 0 Å². The van der Waals surface area contributed by atoms with Crippen molar-refractivity contribution in [3.63, 3.8) is 0 Å². The number of phenolic OH excluding ortho intramolecular Hbond substituents is 2. The van der Waals surface area contributed by atoms with Crippen molar-refractivity contribution in [3.8, 4) is 11.5 Å². The third-order valence-electron chi connectivity index (χ3n) is 2.78. The van der Waals surface area contributed by atoms with Crippen LogP contribution in [0.15, 0.2) is 36.4 Å². The summed E-state index contributed by atoms with van der Waals surface area (Å²) in [5, 5.41) is 23.5. The Hall–Kier alpha value is -1.58. The van der Waals surface area contributed by atoms with Crippen LogP contribution in [0.4, 0.5) is 5.69 Å². The minimum Gasteiger partial charge on any atom is -0.508 e. The number of halogens is 2. The molecule has 0 spiro atoms. The average Bonchev–Trinajstić information content (AvgIpc) is 2.35. The van der Waals surface area contributed by atoms with Gasteiger partial charge in [0.25, 0.3) is 0 Å². The second-order valence-corrected chi connectivity index (χ2v) is 5.08. The largest absolute Gasteiger partial charge is 0.508 e. The number of phenols is 2. The van der Waals surface area contributed by atoms with Gasteiger partial charge < -0.3 is 15.5 Å². The smallest absolute Gasteiger partial charge is 0.121 e. The molecule has 1 atom stereocenters. The van der Waals surface area contributed by atoms with E-state index >= 15 is 0 Å². The highest BCUT2D eigenvalue weighted by atomic mass is 35.5. The first kappa shape index (κ1) is 13.8. The van der Waals surface area contributed by atoms with Crippen LogP contribution in [0.3, 0.4) is 0 Å². The minimum absolute atomic E-state index is 0.101. The van der Waals surface area contributed by atoms with Gasteiger partial charge >= 0.3 is 0 Å². The van der Waals surface area contributed by atoms with Crippen LogP contribution in [0.25, 0.3) is 0 Å². The lowest BCUT2D eigenvalue weighted by Crippen LogP contribution is -2.07. The monoisotopic (exact) mass is 297 g/mol. The fraction of sp³-hybridized carbons (Fsp3) is 0.143. The SMILES string of the molecule is CC(Nc1ccc(Cl)cc1Cl)c1cc(O)ccc1O. The Labute approximate surface area is 121 Å². The molecule has 5 heteroatoms. The first-order valence-electron chi connectivity index (χ1n) is 5.71. The van der Waals surface area contributed by atoms with Crippen LogP contribution in [-0.4, -0.2) is 10.2 Å². The summed E-state index contributed by atoms with van der Waals surface area (Å²) in [6, 6.07) is 9.31. The molecule has 0 bridgehead atoms. The number of aromatic hydroxyl groups is 2. The molecule has 0 amide bonds. The van der Waals surface area contributed by atoms with Gasteiger partial charge in [0.05, 0.1) is 16.8 Å². The van der Waals surface area contributed by atoms with Crippen LogP contribution < -0.4 is 5.32 Å². The van der Waals surface area contributed by atoms with E-state index < -0.39 is 0 Å². The summed E-state index contributed by atoms with van der Waals surface area (Å²) in [4.78, 5) is 0. The molecule has 100 valence electrons. The highest BCUT2D eigenvalue weighted by Gasteiger charge is 2.12. The maximum atomic E-state index is 9.79. The summed E-state index contributed by atoms with van der Waals surface area (Å²) in [5.74, 6) is 0.214. The summed E-state index contributed by atoms with van der Waals surface area (Å²) in [6.07, 6.45) is 0. The standard InChI is InChI=1S/C14H13Cl2NO2/c1-8(11-7-10(18)3-5-14(11)19)17-13-4-2-9(15)6-12(13)16/h2-8,17-19H,1H3. The second kappa shape index (κ2) is 5.59. The average molecular weight is 298 g/mol. The van der Waals surface area contributed by atoms with E-state index in [4.69, 9.17) is 23.2 Å². The lowest BCUT2D eigenvalue weighted by molar-refractivity contribution is 0.451. The molecule has 19 heavy (non-hydrogen) atoms. The van der Waals surface area contributed by atoms with E-state index in [1.807, 2.05) is 6.92 Å². The van der Waals surface area contributed by atoms with Crippen LogP contribution in [0.1, 0.15) is 18.5 Å². The molecule has 0 aliphatic heterocycles. The molecule has 2 aromatic carbocycles. The molecule has 0 aromatic heterocycles. The van der Waals surface area contributed by atoms with Gasteiger partial charge in [0.2, 0.25) is 0 Å². The Balaban J connectivity index is 2.25. The van der Waals surface area contributed by atoms with Crippen molar-refractivity contribution in [2.75, 3.05) is 5.32 Å². The second-order valence-electron chi connectivity index (χ2n) is 4.23. The fourth-order valence-electron chi connectivity index (χ4n) is 1.81. The molecule has 3 N–H and O–H groups in total.